The van der Waals surface area contributed by atoms with Crippen molar-refractivity contribution < 1.29 is 17.6 Å². The molecule has 1 aromatic heterocycles. The molecule has 4 rings (SSSR count). The highest BCUT2D eigenvalue weighted by atomic mass is 32.2. The molecule has 1 amide bonds. The molecule has 2 heterocycles. The normalized spacial score (nSPS) is 20.2. The molecule has 0 aliphatic carbocycles. The van der Waals surface area contributed by atoms with Gasteiger partial charge in [-0.05, 0) is 13.3 Å². The Hall–Kier alpha value is -2.58. The minimum absolute atomic E-state index is 0.0221. The number of hydrogen-bond donors (Lipinski definition) is 1. The molecule has 1 aliphatic rings. The lowest BCUT2D eigenvalue weighted by Gasteiger charge is -2.23. The van der Waals surface area contributed by atoms with Gasteiger partial charge in [0.15, 0.2) is 15.6 Å². The second kappa shape index (κ2) is 8.28. The van der Waals surface area contributed by atoms with Crippen molar-refractivity contribution >= 4 is 27.5 Å². The molecule has 1 N–H and O–H groups in total. The third-order valence-electron chi connectivity index (χ3n) is 4.96. The first-order chi connectivity index (χ1) is 14.3. The molecule has 0 radical (unpaired) electrons. The summed E-state index contributed by atoms with van der Waals surface area (Å²) < 4.78 is 29.5. The molecule has 1 saturated heterocycles. The minimum Gasteiger partial charge on any atom is -0.431 e. The van der Waals surface area contributed by atoms with E-state index in [9.17, 15) is 13.2 Å². The monoisotopic (exact) mass is 442 g/mol. The average molecular weight is 443 g/mol. The Labute approximate surface area is 180 Å². The first-order valence-corrected chi connectivity index (χ1v) is 12.4. The topological polar surface area (TPSA) is 89.3 Å². The van der Waals surface area contributed by atoms with Crippen LogP contribution in [0.4, 0.5) is 0 Å². The molecule has 1 atom stereocenters. The maximum absolute atomic E-state index is 12.4. The number of hydrogen-bond acceptors (Lipinski definition) is 6. The molecular weight excluding hydrogens is 420 g/mol. The van der Waals surface area contributed by atoms with Gasteiger partial charge in [-0.2, -0.15) is 0 Å². The van der Waals surface area contributed by atoms with Crippen molar-refractivity contribution in [3.63, 3.8) is 0 Å². The lowest BCUT2D eigenvalue weighted by molar-refractivity contribution is -0.120. The molecule has 6 nitrogen and oxygen atoms in total. The number of thioether (sulfide) groups is 1. The zero-order valence-corrected chi connectivity index (χ0v) is 18.1. The number of rotatable bonds is 6. The summed E-state index contributed by atoms with van der Waals surface area (Å²) in [4.78, 5) is 17.0. The molecule has 2 aromatic carbocycles. The molecule has 8 heteroatoms. The van der Waals surface area contributed by atoms with E-state index in [1.807, 2.05) is 60.7 Å². The van der Waals surface area contributed by atoms with Crippen molar-refractivity contribution in [1.82, 2.24) is 10.3 Å². The van der Waals surface area contributed by atoms with Gasteiger partial charge < -0.3 is 9.73 Å². The van der Waals surface area contributed by atoms with E-state index in [2.05, 4.69) is 10.3 Å². The van der Waals surface area contributed by atoms with E-state index in [-0.39, 0.29) is 23.2 Å². The van der Waals surface area contributed by atoms with Crippen LogP contribution in [0.25, 0.3) is 22.6 Å². The number of oxazole rings is 1. The van der Waals surface area contributed by atoms with Crippen LogP contribution in [0, 0.1) is 0 Å². The van der Waals surface area contributed by atoms with Crippen LogP contribution >= 0.6 is 11.8 Å². The van der Waals surface area contributed by atoms with Gasteiger partial charge in [0.1, 0.15) is 5.69 Å². The number of benzene rings is 2. The molecule has 156 valence electrons. The van der Waals surface area contributed by atoms with Crippen LogP contribution in [0.2, 0.25) is 0 Å². The second-order valence-corrected chi connectivity index (χ2v) is 10.7. The van der Waals surface area contributed by atoms with Gasteiger partial charge in [-0.25, -0.2) is 13.4 Å². The summed E-state index contributed by atoms with van der Waals surface area (Å²) in [6, 6.07) is 19.5. The van der Waals surface area contributed by atoms with Gasteiger partial charge in [-0.1, -0.05) is 72.4 Å². The molecule has 1 aliphatic heterocycles. The van der Waals surface area contributed by atoms with Crippen LogP contribution < -0.4 is 5.32 Å². The Balaban J connectivity index is 1.51. The van der Waals surface area contributed by atoms with E-state index in [1.165, 1.54) is 11.8 Å². The molecule has 0 saturated carbocycles. The van der Waals surface area contributed by atoms with Crippen molar-refractivity contribution in [2.45, 2.75) is 24.1 Å². The quantitative estimate of drug-likeness (QED) is 0.584. The highest BCUT2D eigenvalue weighted by molar-refractivity contribution is 7.99. The van der Waals surface area contributed by atoms with Crippen LogP contribution in [0.15, 0.2) is 70.3 Å². The van der Waals surface area contributed by atoms with E-state index in [4.69, 9.17) is 4.42 Å². The third kappa shape index (κ3) is 4.76. The Morgan fingerprint density at radius 1 is 1.10 bits per heavy atom. The summed E-state index contributed by atoms with van der Waals surface area (Å²) in [7, 11) is -3.08. The van der Waals surface area contributed by atoms with E-state index >= 15 is 0 Å². The number of carbonyl (C=O) groups excluding carboxylic acids is 1. The second-order valence-electron chi connectivity index (χ2n) is 7.63. The summed E-state index contributed by atoms with van der Waals surface area (Å²) in [5.41, 5.74) is 1.85. The third-order valence-corrected chi connectivity index (χ3v) is 7.69. The molecule has 1 fully saturated rings. The first kappa shape index (κ1) is 20.7. The van der Waals surface area contributed by atoms with Gasteiger partial charge >= 0.3 is 0 Å². The zero-order chi connectivity index (χ0) is 21.2. The summed E-state index contributed by atoms with van der Waals surface area (Å²) >= 11 is 1.20. The van der Waals surface area contributed by atoms with Gasteiger partial charge in [-0.3, -0.25) is 4.79 Å². The Kier molecular flexibility index (Phi) is 5.71. The van der Waals surface area contributed by atoms with Gasteiger partial charge in [0.25, 0.3) is 5.22 Å². The molecule has 0 bridgehead atoms. The van der Waals surface area contributed by atoms with Crippen LogP contribution in [0.1, 0.15) is 13.3 Å². The van der Waals surface area contributed by atoms with Gasteiger partial charge in [0.05, 0.1) is 22.8 Å². The van der Waals surface area contributed by atoms with Crippen molar-refractivity contribution in [2.24, 2.45) is 0 Å². The fourth-order valence-electron chi connectivity index (χ4n) is 3.55. The Morgan fingerprint density at radius 2 is 1.73 bits per heavy atom. The van der Waals surface area contributed by atoms with Crippen LogP contribution in [0.3, 0.4) is 0 Å². The lowest BCUT2D eigenvalue weighted by atomic mass is 10.0. The summed E-state index contributed by atoms with van der Waals surface area (Å²) in [6.07, 6.45) is 0.432. The highest BCUT2D eigenvalue weighted by Gasteiger charge is 2.39. The van der Waals surface area contributed by atoms with Gasteiger partial charge in [0.2, 0.25) is 5.91 Å². The number of aromatic nitrogens is 1. The predicted octanol–water partition coefficient (Wildman–Crippen LogP) is 3.79. The maximum atomic E-state index is 12.4. The number of nitrogens with zero attached hydrogens (tertiary/aromatic N) is 1. The molecule has 3 aromatic rings. The van der Waals surface area contributed by atoms with Gasteiger partial charge in [-0.15, -0.1) is 0 Å². The van der Waals surface area contributed by atoms with E-state index in [1.54, 1.807) is 6.92 Å². The predicted molar refractivity (Wildman–Crippen MR) is 118 cm³/mol. The summed E-state index contributed by atoms with van der Waals surface area (Å²) in [6.45, 7) is 1.77. The zero-order valence-electron chi connectivity index (χ0n) is 16.5. The fourth-order valence-corrected chi connectivity index (χ4v) is 6.27. The van der Waals surface area contributed by atoms with Crippen molar-refractivity contribution in [3.8, 4) is 22.6 Å². The van der Waals surface area contributed by atoms with Gasteiger partial charge in [0, 0.05) is 11.1 Å². The van der Waals surface area contributed by atoms with E-state index in [0.717, 1.165) is 16.8 Å². The molecule has 30 heavy (non-hydrogen) atoms. The van der Waals surface area contributed by atoms with Crippen molar-refractivity contribution in [3.05, 3.63) is 60.7 Å². The minimum atomic E-state index is -3.08. The number of nitrogens with one attached hydrogen (secondary N) is 1. The first-order valence-electron chi connectivity index (χ1n) is 9.60. The fraction of sp³-hybridized carbons (Fsp3) is 0.273. The lowest BCUT2D eigenvalue weighted by Crippen LogP contribution is -2.47. The maximum Gasteiger partial charge on any atom is 0.257 e. The average Bonchev–Trinajstić information content (AvgIpc) is 3.28. The summed E-state index contributed by atoms with van der Waals surface area (Å²) in [5, 5.41) is 3.25. The molecule has 1 unspecified atom stereocenters. The summed E-state index contributed by atoms with van der Waals surface area (Å²) in [5.74, 6) is 0.598. The van der Waals surface area contributed by atoms with E-state index in [0.29, 0.717) is 17.4 Å². The van der Waals surface area contributed by atoms with E-state index < -0.39 is 15.4 Å². The number of amides is 1. The molecule has 0 spiro atoms. The SMILES string of the molecule is CC1(NC(=O)CSc2nc(-c3ccccc3)c(-c3ccccc3)o2)CCS(=O)(=O)C1. The standard InChI is InChI=1S/C22H22N2O4S2/c1-22(12-13-30(26,27)15-22)24-18(25)14-29-21-23-19(16-8-4-2-5-9-16)20(28-21)17-10-6-3-7-11-17/h2-11H,12-15H2,1H3,(H,24,25). The molecular formula is C22H22N2O4S2. The van der Waals surface area contributed by atoms with Crippen molar-refractivity contribution in [2.75, 3.05) is 17.3 Å². The van der Waals surface area contributed by atoms with Crippen LogP contribution in [0.5, 0.6) is 0 Å². The highest BCUT2D eigenvalue weighted by Crippen LogP contribution is 2.35. The van der Waals surface area contributed by atoms with Crippen molar-refractivity contribution in [1.29, 1.82) is 0 Å². The smallest absolute Gasteiger partial charge is 0.257 e. The van der Waals surface area contributed by atoms with Crippen LogP contribution in [-0.4, -0.2) is 42.1 Å². The van der Waals surface area contributed by atoms with Crippen LogP contribution in [-0.2, 0) is 14.6 Å². The number of carbonyl (C=O) groups is 1. The Morgan fingerprint density at radius 3 is 2.33 bits per heavy atom. The Bertz CT molecular complexity index is 1090. The largest absolute Gasteiger partial charge is 0.431 e. The number of sulfone groups is 1.